The molecular weight excluding hydrogens is 242 g/mol. The molecule has 1 N–H and O–H groups in total. The molecule has 0 aliphatic rings. The molecule has 4 aromatic rings. The molecule has 6 heteroatoms. The molecule has 0 unspecified atom stereocenters. The zero-order valence-electron chi connectivity index (χ0n) is 9.66. The molecule has 0 atom stereocenters. The minimum absolute atomic E-state index is 0.471. The van der Waals surface area contributed by atoms with Gasteiger partial charge in [-0.2, -0.15) is 10.1 Å². The van der Waals surface area contributed by atoms with Crippen LogP contribution >= 0.6 is 0 Å². The zero-order valence-corrected chi connectivity index (χ0v) is 9.66. The molecule has 19 heavy (non-hydrogen) atoms. The number of aromatic amines is 1. The lowest BCUT2D eigenvalue weighted by molar-refractivity contribution is 0.966. The maximum Gasteiger partial charge on any atom is 0.361 e. The van der Waals surface area contributed by atoms with Gasteiger partial charge in [0, 0.05) is 23.2 Å². The molecule has 0 radical (unpaired) electrons. The lowest BCUT2D eigenvalue weighted by Gasteiger charge is -2.05. The highest BCUT2D eigenvalue weighted by atomic mass is 16.1. The SMILES string of the molecule is O=c1nc2c3cccnc3c3ncccc3c2n[nH]1. The normalized spacial score (nSPS) is 11.4. The smallest absolute Gasteiger partial charge is 0.254 e. The molecule has 0 fully saturated rings. The van der Waals surface area contributed by atoms with Crippen molar-refractivity contribution in [2.24, 2.45) is 0 Å². The van der Waals surface area contributed by atoms with E-state index in [1.807, 2.05) is 18.2 Å². The quantitative estimate of drug-likeness (QED) is 0.476. The summed E-state index contributed by atoms with van der Waals surface area (Å²) in [6.45, 7) is 0. The topological polar surface area (TPSA) is 84.4 Å². The van der Waals surface area contributed by atoms with Crippen molar-refractivity contribution in [1.82, 2.24) is 25.1 Å². The van der Waals surface area contributed by atoms with E-state index in [0.29, 0.717) is 11.0 Å². The van der Waals surface area contributed by atoms with Crippen LogP contribution in [0.15, 0.2) is 41.5 Å². The summed E-state index contributed by atoms with van der Waals surface area (Å²) >= 11 is 0. The highest BCUT2D eigenvalue weighted by molar-refractivity contribution is 6.20. The fraction of sp³-hybridized carbons (Fsp3) is 0. The van der Waals surface area contributed by atoms with Crippen molar-refractivity contribution in [3.05, 3.63) is 47.1 Å². The van der Waals surface area contributed by atoms with E-state index in [1.165, 1.54) is 0 Å². The van der Waals surface area contributed by atoms with Gasteiger partial charge in [-0.3, -0.25) is 9.97 Å². The van der Waals surface area contributed by atoms with Crippen molar-refractivity contribution in [3.63, 3.8) is 0 Å². The van der Waals surface area contributed by atoms with Crippen LogP contribution in [0.3, 0.4) is 0 Å². The molecule has 0 amide bonds. The Bertz CT molecular complexity index is 957. The molecule has 0 bridgehead atoms. The second kappa shape index (κ2) is 3.55. The van der Waals surface area contributed by atoms with Gasteiger partial charge in [0.05, 0.1) is 11.0 Å². The van der Waals surface area contributed by atoms with Crippen LogP contribution in [0.5, 0.6) is 0 Å². The number of hydrogen-bond acceptors (Lipinski definition) is 5. The minimum Gasteiger partial charge on any atom is -0.254 e. The summed E-state index contributed by atoms with van der Waals surface area (Å²) in [6.07, 6.45) is 3.41. The van der Waals surface area contributed by atoms with Crippen LogP contribution in [0.25, 0.3) is 32.8 Å². The maximum absolute atomic E-state index is 11.4. The minimum atomic E-state index is -0.471. The van der Waals surface area contributed by atoms with Gasteiger partial charge in [0.25, 0.3) is 0 Å². The van der Waals surface area contributed by atoms with E-state index < -0.39 is 5.69 Å². The Morgan fingerprint density at radius 3 is 2.16 bits per heavy atom. The Morgan fingerprint density at radius 2 is 1.47 bits per heavy atom. The number of fused-ring (bicyclic) bond motifs is 6. The number of pyridine rings is 2. The Hall–Kier alpha value is -2.89. The molecule has 1 aromatic carbocycles. The molecule has 3 aromatic heterocycles. The second-order valence-corrected chi connectivity index (χ2v) is 4.14. The standard InChI is InChI=1S/C13H7N5O/c19-13-16-11-7-3-1-5-14-9(7)10-8(4-2-6-15-10)12(11)17-18-13/h1-6H,(H,16,18,19). The molecule has 3 heterocycles. The first-order chi connectivity index (χ1) is 9.34. The number of H-pyrrole nitrogens is 1. The van der Waals surface area contributed by atoms with Crippen LogP contribution in [0.1, 0.15) is 0 Å². The first-order valence-electron chi connectivity index (χ1n) is 5.72. The fourth-order valence-corrected chi connectivity index (χ4v) is 2.28. The van der Waals surface area contributed by atoms with Gasteiger partial charge in [-0.15, -0.1) is 0 Å². The van der Waals surface area contributed by atoms with Gasteiger partial charge >= 0.3 is 5.69 Å². The molecule has 0 spiro atoms. The van der Waals surface area contributed by atoms with Crippen LogP contribution < -0.4 is 5.69 Å². The van der Waals surface area contributed by atoms with Gasteiger partial charge in [0.15, 0.2) is 0 Å². The average Bonchev–Trinajstić information content (AvgIpc) is 2.47. The van der Waals surface area contributed by atoms with E-state index >= 15 is 0 Å². The zero-order chi connectivity index (χ0) is 12.8. The van der Waals surface area contributed by atoms with Crippen molar-refractivity contribution in [3.8, 4) is 0 Å². The largest absolute Gasteiger partial charge is 0.361 e. The molecule has 6 nitrogen and oxygen atoms in total. The maximum atomic E-state index is 11.4. The molecule has 0 saturated heterocycles. The van der Waals surface area contributed by atoms with Gasteiger partial charge in [-0.1, -0.05) is 0 Å². The summed E-state index contributed by atoms with van der Waals surface area (Å²) in [5.74, 6) is 0. The van der Waals surface area contributed by atoms with E-state index in [2.05, 4.69) is 25.1 Å². The van der Waals surface area contributed by atoms with E-state index in [4.69, 9.17) is 0 Å². The summed E-state index contributed by atoms with van der Waals surface area (Å²) in [4.78, 5) is 24.1. The summed E-state index contributed by atoms with van der Waals surface area (Å²) in [7, 11) is 0. The summed E-state index contributed by atoms with van der Waals surface area (Å²) in [5, 5.41) is 8.06. The summed E-state index contributed by atoms with van der Waals surface area (Å²) in [5.41, 5.74) is 2.19. The van der Waals surface area contributed by atoms with Crippen LogP contribution in [-0.4, -0.2) is 25.1 Å². The van der Waals surface area contributed by atoms with Crippen LogP contribution in [0.4, 0.5) is 0 Å². The van der Waals surface area contributed by atoms with E-state index in [1.54, 1.807) is 18.5 Å². The number of hydrogen-bond donors (Lipinski definition) is 1. The molecular formula is C13H7N5O. The lowest BCUT2D eigenvalue weighted by atomic mass is 10.1. The molecule has 90 valence electrons. The van der Waals surface area contributed by atoms with Gasteiger partial charge in [0.1, 0.15) is 11.0 Å². The first kappa shape index (κ1) is 10.1. The average molecular weight is 249 g/mol. The fourth-order valence-electron chi connectivity index (χ4n) is 2.28. The van der Waals surface area contributed by atoms with E-state index in [9.17, 15) is 4.79 Å². The predicted molar refractivity (Wildman–Crippen MR) is 70.8 cm³/mol. The number of nitrogens with one attached hydrogen (secondary N) is 1. The van der Waals surface area contributed by atoms with Crippen LogP contribution in [0, 0.1) is 0 Å². The number of nitrogens with zero attached hydrogens (tertiary/aromatic N) is 4. The lowest BCUT2D eigenvalue weighted by Crippen LogP contribution is -2.12. The van der Waals surface area contributed by atoms with E-state index in [0.717, 1.165) is 21.8 Å². The molecule has 4 rings (SSSR count). The van der Waals surface area contributed by atoms with Gasteiger partial charge < -0.3 is 0 Å². The molecule has 0 saturated carbocycles. The van der Waals surface area contributed by atoms with Gasteiger partial charge in [-0.05, 0) is 24.3 Å². The van der Waals surface area contributed by atoms with Crippen LogP contribution in [0.2, 0.25) is 0 Å². The molecule has 0 aliphatic carbocycles. The third-order valence-corrected chi connectivity index (χ3v) is 3.05. The second-order valence-electron chi connectivity index (χ2n) is 4.14. The van der Waals surface area contributed by atoms with Gasteiger partial charge in [-0.25, -0.2) is 9.89 Å². The van der Waals surface area contributed by atoms with Crippen LogP contribution in [-0.2, 0) is 0 Å². The number of rotatable bonds is 0. The van der Waals surface area contributed by atoms with Crippen molar-refractivity contribution in [1.29, 1.82) is 0 Å². The van der Waals surface area contributed by atoms with Gasteiger partial charge in [0.2, 0.25) is 0 Å². The van der Waals surface area contributed by atoms with Crippen molar-refractivity contribution in [2.75, 3.05) is 0 Å². The van der Waals surface area contributed by atoms with Crippen molar-refractivity contribution < 1.29 is 0 Å². The third kappa shape index (κ3) is 1.33. The Kier molecular flexibility index (Phi) is 1.88. The summed E-state index contributed by atoms with van der Waals surface area (Å²) < 4.78 is 0. The Balaban J connectivity index is 2.47. The summed E-state index contributed by atoms with van der Waals surface area (Å²) in [6, 6.07) is 7.39. The Morgan fingerprint density at radius 1 is 0.842 bits per heavy atom. The highest BCUT2D eigenvalue weighted by Gasteiger charge is 2.12. The van der Waals surface area contributed by atoms with Crippen molar-refractivity contribution in [2.45, 2.75) is 0 Å². The highest BCUT2D eigenvalue weighted by Crippen LogP contribution is 2.28. The predicted octanol–water partition coefficient (Wildman–Crippen LogP) is 1.41. The monoisotopic (exact) mass is 249 g/mol. The van der Waals surface area contributed by atoms with Crippen molar-refractivity contribution >= 4 is 32.8 Å². The number of benzene rings is 1. The first-order valence-corrected chi connectivity index (χ1v) is 5.72. The number of aromatic nitrogens is 5. The molecule has 0 aliphatic heterocycles. The van der Waals surface area contributed by atoms with E-state index in [-0.39, 0.29) is 0 Å². The Labute approximate surface area is 106 Å². The third-order valence-electron chi connectivity index (χ3n) is 3.05.